The highest BCUT2D eigenvalue weighted by atomic mass is 35.5. The van der Waals surface area contributed by atoms with Crippen LogP contribution >= 0.6 is 22.9 Å². The molecule has 0 amide bonds. The summed E-state index contributed by atoms with van der Waals surface area (Å²) in [6, 6.07) is 0.964. The molecule has 0 aliphatic carbocycles. The smallest absolute Gasteiger partial charge is 0.300 e. The molecule has 1 atom stereocenters. The Kier molecular flexibility index (Phi) is 4.09. The van der Waals surface area contributed by atoms with E-state index in [1.54, 1.807) is 6.92 Å². The van der Waals surface area contributed by atoms with Gasteiger partial charge in [0, 0.05) is 19.2 Å². The second kappa shape index (κ2) is 5.23. The zero-order chi connectivity index (χ0) is 15.1. The first-order valence-electron chi connectivity index (χ1n) is 5.80. The van der Waals surface area contributed by atoms with Crippen LogP contribution < -0.4 is 0 Å². The highest BCUT2D eigenvalue weighted by molar-refractivity contribution is 7.91. The molecule has 112 valence electrons. The van der Waals surface area contributed by atoms with Crippen molar-refractivity contribution in [2.45, 2.75) is 29.6 Å². The van der Waals surface area contributed by atoms with Crippen molar-refractivity contribution in [1.82, 2.24) is 4.31 Å². The van der Waals surface area contributed by atoms with Gasteiger partial charge in [0.15, 0.2) is 4.34 Å². The van der Waals surface area contributed by atoms with Gasteiger partial charge in [-0.2, -0.15) is 4.31 Å². The van der Waals surface area contributed by atoms with E-state index in [0.29, 0.717) is 24.2 Å². The number of halogens is 1. The van der Waals surface area contributed by atoms with Gasteiger partial charge in [-0.05, 0) is 19.8 Å². The Morgan fingerprint density at radius 3 is 2.75 bits per heavy atom. The quantitative estimate of drug-likeness (QED) is 0.668. The summed E-state index contributed by atoms with van der Waals surface area (Å²) in [5.74, 6) is 0. The van der Waals surface area contributed by atoms with E-state index in [2.05, 4.69) is 0 Å². The molecule has 1 aromatic heterocycles. The van der Waals surface area contributed by atoms with Crippen molar-refractivity contribution in [2.24, 2.45) is 0 Å². The molecule has 1 aliphatic rings. The van der Waals surface area contributed by atoms with Crippen LogP contribution in [0.4, 0.5) is 5.69 Å². The van der Waals surface area contributed by atoms with Crippen molar-refractivity contribution >= 4 is 38.6 Å². The Morgan fingerprint density at radius 1 is 1.60 bits per heavy atom. The Hall–Kier alpha value is -0.740. The van der Waals surface area contributed by atoms with E-state index in [-0.39, 0.29) is 21.6 Å². The molecule has 1 aromatic rings. The topological polar surface area (TPSA) is 101 Å². The number of hydrogen-bond donors (Lipinski definition) is 1. The van der Waals surface area contributed by atoms with Crippen LogP contribution in [0.2, 0.25) is 4.34 Å². The first kappa shape index (κ1) is 15.6. The maximum absolute atomic E-state index is 12.4. The van der Waals surface area contributed by atoms with Crippen LogP contribution in [-0.2, 0) is 10.0 Å². The molecule has 0 spiro atoms. The van der Waals surface area contributed by atoms with Gasteiger partial charge < -0.3 is 5.11 Å². The standard InChI is InChI=1S/C10H13ClN2O5S2/c1-10(14)3-2-4-12(6-10)20(17,18)8-5-7(13(15)16)9(11)19-8/h5,14H,2-4,6H2,1H3. The van der Waals surface area contributed by atoms with Crippen LogP contribution in [-0.4, -0.2) is 41.4 Å². The molecule has 7 nitrogen and oxygen atoms in total. The normalized spacial score (nSPS) is 24.8. The largest absolute Gasteiger partial charge is 0.389 e. The summed E-state index contributed by atoms with van der Waals surface area (Å²) >= 11 is 6.34. The monoisotopic (exact) mass is 340 g/mol. The maximum Gasteiger partial charge on any atom is 0.300 e. The second-order valence-electron chi connectivity index (χ2n) is 4.92. The highest BCUT2D eigenvalue weighted by Gasteiger charge is 2.37. The summed E-state index contributed by atoms with van der Waals surface area (Å²) in [5.41, 5.74) is -1.50. The average molecular weight is 341 g/mol. The molecule has 2 heterocycles. The number of nitrogens with zero attached hydrogens (tertiary/aromatic N) is 2. The first-order chi connectivity index (χ1) is 9.13. The lowest BCUT2D eigenvalue weighted by atomic mass is 9.97. The van der Waals surface area contributed by atoms with Gasteiger partial charge in [-0.3, -0.25) is 10.1 Å². The molecular formula is C10H13ClN2O5S2. The van der Waals surface area contributed by atoms with Gasteiger partial charge in [-0.15, -0.1) is 11.3 Å². The van der Waals surface area contributed by atoms with Gasteiger partial charge in [0.05, 0.1) is 10.5 Å². The lowest BCUT2D eigenvalue weighted by molar-refractivity contribution is -0.384. The van der Waals surface area contributed by atoms with Crippen LogP contribution in [0, 0.1) is 10.1 Å². The van der Waals surface area contributed by atoms with Crippen LogP contribution in [0.5, 0.6) is 0 Å². The fourth-order valence-corrected chi connectivity index (χ4v) is 5.51. The summed E-state index contributed by atoms with van der Waals surface area (Å²) in [7, 11) is -3.87. The van der Waals surface area contributed by atoms with Crippen molar-refractivity contribution in [3.8, 4) is 0 Å². The minimum atomic E-state index is -3.87. The van der Waals surface area contributed by atoms with Crippen LogP contribution in [0.15, 0.2) is 10.3 Å². The van der Waals surface area contributed by atoms with Crippen molar-refractivity contribution in [2.75, 3.05) is 13.1 Å². The number of nitro groups is 1. The Bertz CT molecular complexity index is 640. The van der Waals surface area contributed by atoms with Gasteiger partial charge in [-0.1, -0.05) is 11.6 Å². The first-order valence-corrected chi connectivity index (χ1v) is 8.43. The van der Waals surface area contributed by atoms with E-state index >= 15 is 0 Å². The zero-order valence-electron chi connectivity index (χ0n) is 10.6. The molecule has 1 aliphatic heterocycles. The molecule has 0 aromatic carbocycles. The number of sulfonamides is 1. The zero-order valence-corrected chi connectivity index (χ0v) is 13.0. The van der Waals surface area contributed by atoms with Crippen molar-refractivity contribution in [1.29, 1.82) is 0 Å². The maximum atomic E-state index is 12.4. The summed E-state index contributed by atoms with van der Waals surface area (Å²) in [5, 5.41) is 20.7. The third-order valence-electron chi connectivity index (χ3n) is 3.08. The van der Waals surface area contributed by atoms with E-state index < -0.39 is 26.2 Å². The van der Waals surface area contributed by atoms with E-state index in [1.165, 1.54) is 0 Å². The van der Waals surface area contributed by atoms with E-state index in [0.717, 1.165) is 10.4 Å². The number of β-amino-alcohol motifs (C(OH)–C–C–N with tert-alkyl or cyclic N) is 1. The minimum Gasteiger partial charge on any atom is -0.389 e. The van der Waals surface area contributed by atoms with Crippen molar-refractivity contribution in [3.63, 3.8) is 0 Å². The number of rotatable bonds is 3. The van der Waals surface area contributed by atoms with E-state index in [9.17, 15) is 23.6 Å². The van der Waals surface area contributed by atoms with E-state index in [1.807, 2.05) is 0 Å². The molecule has 0 saturated carbocycles. The lowest BCUT2D eigenvalue weighted by Gasteiger charge is -2.35. The molecule has 1 N–H and O–H groups in total. The van der Waals surface area contributed by atoms with Crippen LogP contribution in [0.1, 0.15) is 19.8 Å². The molecule has 1 unspecified atom stereocenters. The summed E-state index contributed by atoms with van der Waals surface area (Å²) < 4.78 is 25.6. The van der Waals surface area contributed by atoms with E-state index in [4.69, 9.17) is 11.6 Å². The number of piperidine rings is 1. The summed E-state index contributed by atoms with van der Waals surface area (Å²) in [6.45, 7) is 1.82. The Morgan fingerprint density at radius 2 is 2.25 bits per heavy atom. The second-order valence-corrected chi connectivity index (χ2v) is 8.74. The van der Waals surface area contributed by atoms with Gasteiger partial charge >= 0.3 is 0 Å². The molecule has 20 heavy (non-hydrogen) atoms. The average Bonchev–Trinajstić information content (AvgIpc) is 2.70. The van der Waals surface area contributed by atoms with Crippen molar-refractivity contribution in [3.05, 3.63) is 20.5 Å². The van der Waals surface area contributed by atoms with Crippen LogP contribution in [0.3, 0.4) is 0 Å². The lowest BCUT2D eigenvalue weighted by Crippen LogP contribution is -2.48. The predicted molar refractivity (Wildman–Crippen MR) is 74.6 cm³/mol. The van der Waals surface area contributed by atoms with Gasteiger partial charge in [0.25, 0.3) is 15.7 Å². The number of thiophene rings is 1. The van der Waals surface area contributed by atoms with Gasteiger partial charge in [-0.25, -0.2) is 8.42 Å². The molecule has 1 saturated heterocycles. The Labute approximate surface area is 125 Å². The minimum absolute atomic E-state index is 0.0291. The number of aliphatic hydroxyl groups is 1. The third kappa shape index (κ3) is 2.96. The highest BCUT2D eigenvalue weighted by Crippen LogP contribution is 2.38. The summed E-state index contributed by atoms with van der Waals surface area (Å²) in [4.78, 5) is 10.0. The molecule has 0 bridgehead atoms. The molecular weight excluding hydrogens is 328 g/mol. The Balaban J connectivity index is 2.35. The SMILES string of the molecule is CC1(O)CCCN(S(=O)(=O)c2cc([N+](=O)[O-])c(Cl)s2)C1. The molecule has 0 radical (unpaired) electrons. The molecule has 10 heteroatoms. The molecule has 2 rings (SSSR count). The van der Waals surface area contributed by atoms with Crippen LogP contribution in [0.25, 0.3) is 0 Å². The van der Waals surface area contributed by atoms with Gasteiger partial charge in [0.2, 0.25) is 0 Å². The van der Waals surface area contributed by atoms with Gasteiger partial charge in [0.1, 0.15) is 4.21 Å². The fraction of sp³-hybridized carbons (Fsp3) is 0.600. The predicted octanol–water partition coefficient (Wildman–Crippen LogP) is 1.85. The van der Waals surface area contributed by atoms with Crippen molar-refractivity contribution < 1.29 is 18.4 Å². The summed E-state index contributed by atoms with van der Waals surface area (Å²) in [6.07, 6.45) is 1.05. The third-order valence-corrected chi connectivity index (χ3v) is 6.71. The fourth-order valence-electron chi connectivity index (χ4n) is 2.10. The number of hydrogen-bond acceptors (Lipinski definition) is 6. The molecule has 1 fully saturated rings.